The molecule has 3 aromatic rings. The first-order valence-corrected chi connectivity index (χ1v) is 10.3. The van der Waals surface area contributed by atoms with Crippen LogP contribution < -0.4 is 10.2 Å². The van der Waals surface area contributed by atoms with E-state index in [1.807, 2.05) is 24.3 Å². The maximum absolute atomic E-state index is 13.4. The summed E-state index contributed by atoms with van der Waals surface area (Å²) >= 11 is 0. The summed E-state index contributed by atoms with van der Waals surface area (Å²) in [6, 6.07) is 9.68. The molecule has 0 unspecified atom stereocenters. The first-order valence-electron chi connectivity index (χ1n) is 10.3. The van der Waals surface area contributed by atoms with E-state index in [4.69, 9.17) is 9.26 Å². The minimum atomic E-state index is 0.0137. The molecule has 0 amide bonds. The third kappa shape index (κ3) is 2.90. The summed E-state index contributed by atoms with van der Waals surface area (Å²) in [5.74, 6) is 1.33. The lowest BCUT2D eigenvalue weighted by Crippen LogP contribution is -2.34. The van der Waals surface area contributed by atoms with Gasteiger partial charge in [-0.05, 0) is 24.8 Å². The quantitative estimate of drug-likeness (QED) is 0.511. The summed E-state index contributed by atoms with van der Waals surface area (Å²) < 4.78 is 11.0. The molecular weight excluding hydrogens is 366 g/mol. The van der Waals surface area contributed by atoms with Crippen molar-refractivity contribution in [2.75, 3.05) is 43.6 Å². The molecule has 0 spiro atoms. The summed E-state index contributed by atoms with van der Waals surface area (Å²) in [6.07, 6.45) is 2.40. The molecule has 6 nitrogen and oxygen atoms in total. The fraction of sp³-hybridized carbons (Fsp3) is 0.391. The van der Waals surface area contributed by atoms with E-state index in [2.05, 4.69) is 28.4 Å². The van der Waals surface area contributed by atoms with Gasteiger partial charge in [0.2, 0.25) is 0 Å². The molecule has 1 fully saturated rings. The number of piperidine rings is 1. The SMILES string of the molecule is COCCNc1cc(N2CCC[C@H](C)C2)c2noc3c2c1C(=O)c1ccccc1-3. The highest BCUT2D eigenvalue weighted by Crippen LogP contribution is 2.46. The van der Waals surface area contributed by atoms with Crippen LogP contribution in [0, 0.1) is 5.92 Å². The van der Waals surface area contributed by atoms with Crippen molar-refractivity contribution >= 4 is 28.1 Å². The van der Waals surface area contributed by atoms with Crippen LogP contribution in [0.4, 0.5) is 11.4 Å². The van der Waals surface area contributed by atoms with E-state index >= 15 is 0 Å². The molecule has 5 rings (SSSR count). The van der Waals surface area contributed by atoms with Crippen molar-refractivity contribution in [2.45, 2.75) is 19.8 Å². The van der Waals surface area contributed by atoms with Crippen molar-refractivity contribution in [3.05, 3.63) is 41.5 Å². The average molecular weight is 391 g/mol. The van der Waals surface area contributed by atoms with E-state index in [0.29, 0.717) is 36.0 Å². The highest BCUT2D eigenvalue weighted by molar-refractivity contribution is 6.28. The van der Waals surface area contributed by atoms with Gasteiger partial charge in [-0.25, -0.2) is 0 Å². The molecule has 2 heterocycles. The van der Waals surface area contributed by atoms with Gasteiger partial charge in [-0.15, -0.1) is 0 Å². The number of fused-ring (bicyclic) bond motifs is 2. The Morgan fingerprint density at radius 3 is 2.93 bits per heavy atom. The maximum Gasteiger partial charge on any atom is 0.196 e. The van der Waals surface area contributed by atoms with Crippen LogP contribution in [0.15, 0.2) is 34.9 Å². The van der Waals surface area contributed by atoms with Crippen LogP contribution in [0.1, 0.15) is 35.7 Å². The summed E-state index contributed by atoms with van der Waals surface area (Å²) in [5, 5.41) is 8.68. The van der Waals surface area contributed by atoms with E-state index in [-0.39, 0.29) is 5.78 Å². The molecule has 29 heavy (non-hydrogen) atoms. The lowest BCUT2D eigenvalue weighted by molar-refractivity contribution is 0.104. The topological polar surface area (TPSA) is 67.6 Å². The van der Waals surface area contributed by atoms with Crippen molar-refractivity contribution < 1.29 is 14.1 Å². The average Bonchev–Trinajstić information content (AvgIpc) is 3.17. The second-order valence-electron chi connectivity index (χ2n) is 8.04. The lowest BCUT2D eigenvalue weighted by atomic mass is 9.86. The number of rotatable bonds is 5. The number of carbonyl (C=O) groups excluding carboxylic acids is 1. The second kappa shape index (κ2) is 7.19. The molecule has 1 aromatic heterocycles. The number of carbonyl (C=O) groups is 1. The molecule has 0 saturated carbocycles. The molecule has 1 aliphatic carbocycles. The van der Waals surface area contributed by atoms with Crippen LogP contribution in [0.25, 0.3) is 22.2 Å². The zero-order valence-electron chi connectivity index (χ0n) is 16.8. The Hall–Kier alpha value is -2.86. The number of anilines is 2. The minimum absolute atomic E-state index is 0.0137. The maximum atomic E-state index is 13.4. The van der Waals surface area contributed by atoms with Crippen molar-refractivity contribution in [1.82, 2.24) is 5.16 Å². The van der Waals surface area contributed by atoms with Gasteiger partial charge in [0.05, 0.1) is 23.2 Å². The standard InChI is InChI=1S/C23H25N3O3/c1-14-6-5-10-26(13-14)18-12-17(24-9-11-28-2)19-20-21(18)25-29-23(20)16-8-4-3-7-15(16)22(19)27/h3-4,7-8,12,14,24H,5-6,9-11,13H2,1-2H3/t14-/m0/s1. The molecule has 0 bridgehead atoms. The largest absolute Gasteiger partial charge is 0.383 e. The Kier molecular flexibility index (Phi) is 4.51. The fourth-order valence-electron chi connectivity index (χ4n) is 4.62. The number of nitrogens with zero attached hydrogens (tertiary/aromatic N) is 2. The van der Waals surface area contributed by atoms with E-state index in [0.717, 1.165) is 47.4 Å². The second-order valence-corrected chi connectivity index (χ2v) is 8.04. The summed E-state index contributed by atoms with van der Waals surface area (Å²) in [7, 11) is 1.68. The third-order valence-corrected chi connectivity index (χ3v) is 6.00. The van der Waals surface area contributed by atoms with E-state index in [1.54, 1.807) is 7.11 Å². The monoisotopic (exact) mass is 391 g/mol. The predicted octanol–water partition coefficient (Wildman–Crippen LogP) is 4.33. The van der Waals surface area contributed by atoms with Crippen LogP contribution in [-0.4, -0.2) is 44.3 Å². The van der Waals surface area contributed by atoms with Gasteiger partial charge in [0.25, 0.3) is 0 Å². The number of aromatic nitrogens is 1. The Morgan fingerprint density at radius 2 is 2.14 bits per heavy atom. The first kappa shape index (κ1) is 18.2. The summed E-state index contributed by atoms with van der Waals surface area (Å²) in [6.45, 7) is 5.45. The summed E-state index contributed by atoms with van der Waals surface area (Å²) in [5.41, 5.74) is 4.78. The number of ether oxygens (including phenoxy) is 1. The molecular formula is C23H25N3O3. The van der Waals surface area contributed by atoms with Crippen molar-refractivity contribution in [3.8, 4) is 11.3 Å². The minimum Gasteiger partial charge on any atom is -0.383 e. The molecule has 1 aliphatic heterocycles. The molecule has 6 heteroatoms. The van der Waals surface area contributed by atoms with Crippen LogP contribution in [0.3, 0.4) is 0 Å². The Bertz CT molecular complexity index is 1090. The van der Waals surface area contributed by atoms with Crippen LogP contribution in [0.2, 0.25) is 0 Å². The van der Waals surface area contributed by atoms with Gasteiger partial charge in [0.1, 0.15) is 5.52 Å². The molecule has 1 atom stereocenters. The van der Waals surface area contributed by atoms with E-state index in [9.17, 15) is 4.79 Å². The van der Waals surface area contributed by atoms with Gasteiger partial charge in [-0.1, -0.05) is 36.3 Å². The smallest absolute Gasteiger partial charge is 0.196 e. The highest BCUT2D eigenvalue weighted by Gasteiger charge is 2.34. The third-order valence-electron chi connectivity index (χ3n) is 6.00. The van der Waals surface area contributed by atoms with Crippen LogP contribution >= 0.6 is 0 Å². The highest BCUT2D eigenvalue weighted by atomic mass is 16.5. The molecule has 2 aliphatic rings. The number of benzene rings is 2. The number of ketones is 1. The number of methoxy groups -OCH3 is 1. The number of hydrogen-bond donors (Lipinski definition) is 1. The number of nitrogens with one attached hydrogen (secondary N) is 1. The van der Waals surface area contributed by atoms with Crippen LogP contribution in [0.5, 0.6) is 0 Å². The normalized spacial score (nSPS) is 18.2. The lowest BCUT2D eigenvalue weighted by Gasteiger charge is -2.33. The molecule has 2 aromatic carbocycles. The van der Waals surface area contributed by atoms with Gasteiger partial charge >= 0.3 is 0 Å². The number of hydrogen-bond acceptors (Lipinski definition) is 6. The van der Waals surface area contributed by atoms with Gasteiger partial charge in [-0.2, -0.15) is 0 Å². The van der Waals surface area contributed by atoms with E-state index in [1.165, 1.54) is 6.42 Å². The van der Waals surface area contributed by atoms with E-state index < -0.39 is 0 Å². The fourth-order valence-corrected chi connectivity index (χ4v) is 4.62. The van der Waals surface area contributed by atoms with Crippen molar-refractivity contribution in [2.24, 2.45) is 5.92 Å². The van der Waals surface area contributed by atoms with Gasteiger partial charge < -0.3 is 19.5 Å². The first-order chi connectivity index (χ1) is 14.2. The zero-order chi connectivity index (χ0) is 20.0. The van der Waals surface area contributed by atoms with Crippen LogP contribution in [-0.2, 0) is 4.74 Å². The summed E-state index contributed by atoms with van der Waals surface area (Å²) in [4.78, 5) is 15.8. The molecule has 150 valence electrons. The van der Waals surface area contributed by atoms with Crippen molar-refractivity contribution in [1.29, 1.82) is 0 Å². The zero-order valence-corrected chi connectivity index (χ0v) is 16.8. The van der Waals surface area contributed by atoms with Crippen molar-refractivity contribution in [3.63, 3.8) is 0 Å². The molecule has 1 saturated heterocycles. The Morgan fingerprint density at radius 1 is 1.31 bits per heavy atom. The Labute approximate surface area is 169 Å². The predicted molar refractivity (Wildman–Crippen MR) is 114 cm³/mol. The van der Waals surface area contributed by atoms with Gasteiger partial charge in [0.15, 0.2) is 11.5 Å². The van der Waals surface area contributed by atoms with Gasteiger partial charge in [-0.3, -0.25) is 4.79 Å². The molecule has 1 N–H and O–H groups in total. The Balaban J connectivity index is 1.73. The molecule has 0 radical (unpaired) electrons. The van der Waals surface area contributed by atoms with Gasteiger partial charge in [0, 0.05) is 43.6 Å².